The number of hydrazine groups is 1. The van der Waals surface area contributed by atoms with Crippen molar-refractivity contribution >= 4 is 0 Å². The Morgan fingerprint density at radius 1 is 1.00 bits per heavy atom. The van der Waals surface area contributed by atoms with E-state index in [0.717, 1.165) is 29.2 Å². The molecule has 5 heteroatoms. The van der Waals surface area contributed by atoms with E-state index in [0.29, 0.717) is 5.92 Å². The van der Waals surface area contributed by atoms with Crippen LogP contribution in [0.15, 0.2) is 67.0 Å². The van der Waals surface area contributed by atoms with Crippen LogP contribution in [0.2, 0.25) is 0 Å². The molecule has 0 bridgehead atoms. The number of nitrogens with one attached hydrogen (secondary N) is 2. The van der Waals surface area contributed by atoms with Crippen LogP contribution >= 0.6 is 0 Å². The van der Waals surface area contributed by atoms with E-state index in [1.165, 1.54) is 5.56 Å². The molecule has 2 unspecified atom stereocenters. The molecule has 3 heterocycles. The second kappa shape index (κ2) is 7.01. The number of methoxy groups -OCH3 is 1. The predicted molar refractivity (Wildman–Crippen MR) is 97.1 cm³/mol. The summed E-state index contributed by atoms with van der Waals surface area (Å²) in [7, 11) is 1.67. The van der Waals surface area contributed by atoms with Crippen molar-refractivity contribution in [3.8, 4) is 17.0 Å². The zero-order valence-electron chi connectivity index (χ0n) is 14.0. The van der Waals surface area contributed by atoms with Gasteiger partial charge in [-0.2, -0.15) is 0 Å². The van der Waals surface area contributed by atoms with Crippen molar-refractivity contribution < 1.29 is 4.74 Å². The SMILES string of the molecule is COc1ccc(-c2cc(C3CNNC3c3ccccn3)ccn2)cc1. The molecule has 0 saturated carbocycles. The van der Waals surface area contributed by atoms with Crippen LogP contribution in [-0.2, 0) is 0 Å². The Balaban J connectivity index is 1.64. The average molecular weight is 332 g/mol. The number of aromatic nitrogens is 2. The highest BCUT2D eigenvalue weighted by Crippen LogP contribution is 2.33. The first-order valence-electron chi connectivity index (χ1n) is 8.35. The van der Waals surface area contributed by atoms with E-state index in [1.54, 1.807) is 7.11 Å². The predicted octanol–water partition coefficient (Wildman–Crippen LogP) is 3.08. The van der Waals surface area contributed by atoms with Gasteiger partial charge >= 0.3 is 0 Å². The van der Waals surface area contributed by atoms with Crippen LogP contribution in [0.4, 0.5) is 0 Å². The molecule has 0 aliphatic carbocycles. The Bertz CT molecular complexity index is 836. The first kappa shape index (κ1) is 15.7. The first-order valence-corrected chi connectivity index (χ1v) is 8.35. The van der Waals surface area contributed by atoms with Gasteiger partial charge in [-0.3, -0.25) is 15.4 Å². The van der Waals surface area contributed by atoms with Crippen LogP contribution in [0.5, 0.6) is 5.75 Å². The van der Waals surface area contributed by atoms with Gasteiger partial charge in [0.1, 0.15) is 5.75 Å². The van der Waals surface area contributed by atoms with E-state index >= 15 is 0 Å². The zero-order chi connectivity index (χ0) is 17.1. The highest BCUT2D eigenvalue weighted by Gasteiger charge is 2.30. The highest BCUT2D eigenvalue weighted by molar-refractivity contribution is 5.61. The van der Waals surface area contributed by atoms with Crippen LogP contribution in [-0.4, -0.2) is 23.6 Å². The molecule has 1 aliphatic rings. The smallest absolute Gasteiger partial charge is 0.118 e. The van der Waals surface area contributed by atoms with Crippen LogP contribution in [0.1, 0.15) is 23.2 Å². The van der Waals surface area contributed by atoms with Crippen molar-refractivity contribution in [1.29, 1.82) is 0 Å². The Morgan fingerprint density at radius 2 is 1.88 bits per heavy atom. The van der Waals surface area contributed by atoms with Gasteiger partial charge in [0.15, 0.2) is 0 Å². The van der Waals surface area contributed by atoms with Crippen LogP contribution in [0.25, 0.3) is 11.3 Å². The summed E-state index contributed by atoms with van der Waals surface area (Å²) in [6.07, 6.45) is 3.71. The Hall–Kier alpha value is -2.76. The minimum atomic E-state index is 0.146. The molecule has 1 aromatic carbocycles. The number of rotatable bonds is 4. The molecule has 2 N–H and O–H groups in total. The number of benzene rings is 1. The van der Waals surface area contributed by atoms with Gasteiger partial charge in [-0.05, 0) is 54.1 Å². The minimum absolute atomic E-state index is 0.146. The number of hydrogen-bond acceptors (Lipinski definition) is 5. The monoisotopic (exact) mass is 332 g/mol. The summed E-state index contributed by atoms with van der Waals surface area (Å²) < 4.78 is 5.23. The summed E-state index contributed by atoms with van der Waals surface area (Å²) in [6, 6.07) is 18.4. The van der Waals surface area contributed by atoms with E-state index in [-0.39, 0.29) is 6.04 Å². The van der Waals surface area contributed by atoms with E-state index in [9.17, 15) is 0 Å². The third kappa shape index (κ3) is 3.24. The standard InChI is InChI=1S/C20H20N4O/c1-25-16-7-5-14(6-8-16)19-12-15(9-11-22-19)17-13-23-24-20(17)18-4-2-3-10-21-18/h2-12,17,20,23-24H,13H2,1H3. The molecule has 126 valence electrons. The van der Waals surface area contributed by atoms with Gasteiger partial charge in [0.25, 0.3) is 0 Å². The quantitative estimate of drug-likeness (QED) is 0.769. The molecule has 0 amide bonds. The number of ether oxygens (including phenoxy) is 1. The molecular formula is C20H20N4O. The van der Waals surface area contributed by atoms with Gasteiger partial charge in [0, 0.05) is 30.4 Å². The fourth-order valence-electron chi connectivity index (χ4n) is 3.24. The number of pyridine rings is 2. The maximum Gasteiger partial charge on any atom is 0.118 e. The summed E-state index contributed by atoms with van der Waals surface area (Å²) in [6.45, 7) is 0.854. The van der Waals surface area contributed by atoms with Gasteiger partial charge in [-0.15, -0.1) is 0 Å². The Labute approximate surface area is 147 Å². The van der Waals surface area contributed by atoms with Gasteiger partial charge in [0.05, 0.1) is 24.5 Å². The lowest BCUT2D eigenvalue weighted by atomic mass is 9.90. The molecule has 0 spiro atoms. The molecule has 1 aliphatic heterocycles. The Morgan fingerprint density at radius 3 is 2.64 bits per heavy atom. The lowest BCUT2D eigenvalue weighted by Gasteiger charge is -2.18. The van der Waals surface area contributed by atoms with Gasteiger partial charge in [-0.1, -0.05) is 6.07 Å². The lowest BCUT2D eigenvalue weighted by molar-refractivity contribution is 0.415. The van der Waals surface area contributed by atoms with E-state index in [2.05, 4.69) is 39.0 Å². The fraction of sp³-hybridized carbons (Fsp3) is 0.200. The second-order valence-corrected chi connectivity index (χ2v) is 6.07. The number of nitrogens with zero attached hydrogens (tertiary/aromatic N) is 2. The molecule has 4 rings (SSSR count). The van der Waals surface area contributed by atoms with Gasteiger partial charge in [0.2, 0.25) is 0 Å². The molecule has 25 heavy (non-hydrogen) atoms. The van der Waals surface area contributed by atoms with Crippen LogP contribution in [0.3, 0.4) is 0 Å². The molecular weight excluding hydrogens is 312 g/mol. The van der Waals surface area contributed by atoms with Crippen molar-refractivity contribution in [2.45, 2.75) is 12.0 Å². The van der Waals surface area contributed by atoms with Gasteiger partial charge in [-0.25, -0.2) is 5.43 Å². The second-order valence-electron chi connectivity index (χ2n) is 6.07. The largest absolute Gasteiger partial charge is 0.497 e. The maximum absolute atomic E-state index is 5.23. The van der Waals surface area contributed by atoms with E-state index in [1.807, 2.05) is 48.8 Å². The zero-order valence-corrected chi connectivity index (χ0v) is 14.0. The maximum atomic E-state index is 5.23. The third-order valence-electron chi connectivity index (χ3n) is 4.59. The summed E-state index contributed by atoms with van der Waals surface area (Å²) in [5.41, 5.74) is 10.9. The fourth-order valence-corrected chi connectivity index (χ4v) is 3.24. The normalized spacial score (nSPS) is 19.7. The molecule has 5 nitrogen and oxygen atoms in total. The summed E-state index contributed by atoms with van der Waals surface area (Å²) in [5, 5.41) is 0. The lowest BCUT2D eigenvalue weighted by Crippen LogP contribution is -2.25. The van der Waals surface area contributed by atoms with Crippen LogP contribution in [0, 0.1) is 0 Å². The van der Waals surface area contributed by atoms with E-state index in [4.69, 9.17) is 4.74 Å². The minimum Gasteiger partial charge on any atom is -0.497 e. The summed E-state index contributed by atoms with van der Waals surface area (Å²) in [4.78, 5) is 9.04. The van der Waals surface area contributed by atoms with Crippen molar-refractivity contribution in [2.24, 2.45) is 0 Å². The molecule has 2 aromatic heterocycles. The molecule has 2 atom stereocenters. The van der Waals surface area contributed by atoms with Gasteiger partial charge < -0.3 is 4.74 Å². The Kier molecular flexibility index (Phi) is 4.41. The van der Waals surface area contributed by atoms with E-state index < -0.39 is 0 Å². The van der Waals surface area contributed by atoms with Crippen LogP contribution < -0.4 is 15.6 Å². The molecule has 3 aromatic rings. The number of hydrogen-bond donors (Lipinski definition) is 2. The van der Waals surface area contributed by atoms with Crippen molar-refractivity contribution in [1.82, 2.24) is 20.8 Å². The molecule has 1 saturated heterocycles. The van der Waals surface area contributed by atoms with Crippen molar-refractivity contribution in [3.63, 3.8) is 0 Å². The topological polar surface area (TPSA) is 59.1 Å². The molecule has 1 fully saturated rings. The third-order valence-corrected chi connectivity index (χ3v) is 4.59. The summed E-state index contributed by atoms with van der Waals surface area (Å²) in [5.74, 6) is 1.15. The first-order chi connectivity index (χ1) is 12.3. The van der Waals surface area contributed by atoms with Crippen molar-refractivity contribution in [3.05, 3.63) is 78.2 Å². The van der Waals surface area contributed by atoms with Crippen molar-refractivity contribution in [2.75, 3.05) is 13.7 Å². The average Bonchev–Trinajstić information content (AvgIpc) is 3.19. The molecule has 0 radical (unpaired) electrons. The highest BCUT2D eigenvalue weighted by atomic mass is 16.5. The summed E-state index contributed by atoms with van der Waals surface area (Å²) >= 11 is 0.